The number of halogens is 1. The van der Waals surface area contributed by atoms with Crippen molar-refractivity contribution < 1.29 is 4.79 Å². The van der Waals surface area contributed by atoms with E-state index in [1.807, 2.05) is 66.4 Å². The Morgan fingerprint density at radius 2 is 1.70 bits per heavy atom. The fraction of sp³-hybridized carbons (Fsp3) is 0.261. The number of hydrogen-bond acceptors (Lipinski definition) is 5. The lowest BCUT2D eigenvalue weighted by Crippen LogP contribution is -2.48. The Morgan fingerprint density at radius 3 is 2.43 bits per heavy atom. The van der Waals surface area contributed by atoms with E-state index < -0.39 is 0 Å². The van der Waals surface area contributed by atoms with Crippen LogP contribution < -0.4 is 9.80 Å². The normalized spacial score (nSPS) is 14.0. The summed E-state index contributed by atoms with van der Waals surface area (Å²) in [7, 11) is 3.86. The fourth-order valence-corrected chi connectivity index (χ4v) is 3.87. The molecule has 2 aromatic carbocycles. The highest BCUT2D eigenvalue weighted by Crippen LogP contribution is 2.27. The van der Waals surface area contributed by atoms with Gasteiger partial charge in [0.1, 0.15) is 5.69 Å². The molecule has 0 radical (unpaired) electrons. The third-order valence-corrected chi connectivity index (χ3v) is 5.46. The average molecular weight is 422 g/mol. The van der Waals surface area contributed by atoms with E-state index in [-0.39, 0.29) is 5.91 Å². The van der Waals surface area contributed by atoms with Gasteiger partial charge in [0.15, 0.2) is 5.82 Å². The number of hydrogen-bond donors (Lipinski definition) is 0. The smallest absolute Gasteiger partial charge is 0.253 e. The van der Waals surface area contributed by atoms with E-state index >= 15 is 0 Å². The fourth-order valence-electron chi connectivity index (χ4n) is 3.68. The summed E-state index contributed by atoms with van der Waals surface area (Å²) in [5.74, 6) is 0.815. The van der Waals surface area contributed by atoms with Crippen molar-refractivity contribution in [1.82, 2.24) is 14.9 Å². The monoisotopic (exact) mass is 421 g/mol. The van der Waals surface area contributed by atoms with Crippen molar-refractivity contribution in [2.45, 2.75) is 0 Å². The van der Waals surface area contributed by atoms with Crippen LogP contribution in [0.1, 0.15) is 10.4 Å². The lowest BCUT2D eigenvalue weighted by atomic mass is 10.1. The highest BCUT2D eigenvalue weighted by Gasteiger charge is 2.23. The lowest BCUT2D eigenvalue weighted by molar-refractivity contribution is 0.0747. The Morgan fingerprint density at radius 1 is 0.967 bits per heavy atom. The zero-order chi connectivity index (χ0) is 21.1. The Balaban J connectivity index is 1.49. The van der Waals surface area contributed by atoms with Gasteiger partial charge < -0.3 is 14.7 Å². The first-order valence-electron chi connectivity index (χ1n) is 9.91. The molecule has 4 rings (SSSR count). The van der Waals surface area contributed by atoms with E-state index in [1.54, 1.807) is 12.4 Å². The average Bonchev–Trinajstić information content (AvgIpc) is 2.79. The molecule has 1 fully saturated rings. The van der Waals surface area contributed by atoms with Gasteiger partial charge in [0.05, 0.1) is 0 Å². The van der Waals surface area contributed by atoms with Crippen LogP contribution >= 0.6 is 11.6 Å². The van der Waals surface area contributed by atoms with Crippen molar-refractivity contribution in [2.24, 2.45) is 0 Å². The van der Waals surface area contributed by atoms with Crippen LogP contribution in [0.3, 0.4) is 0 Å². The number of nitrogens with zero attached hydrogens (tertiary/aromatic N) is 5. The molecule has 3 aromatic rings. The molecule has 154 valence electrons. The molecule has 7 heteroatoms. The molecule has 0 aliphatic carbocycles. The summed E-state index contributed by atoms with van der Waals surface area (Å²) in [6.07, 6.45) is 3.35. The summed E-state index contributed by atoms with van der Waals surface area (Å²) >= 11 is 6.12. The van der Waals surface area contributed by atoms with Crippen LogP contribution in [0.25, 0.3) is 11.3 Å². The molecule has 0 N–H and O–H groups in total. The number of piperazine rings is 1. The SMILES string of the molecule is CN(C)c1nccnc1-c1cccc(C(=O)N2CCN(c3cccc(Cl)c3)CC2)c1. The number of amides is 1. The number of anilines is 2. The molecular weight excluding hydrogens is 398 g/mol. The van der Waals surface area contributed by atoms with E-state index in [0.717, 1.165) is 40.9 Å². The van der Waals surface area contributed by atoms with Gasteiger partial charge in [-0.05, 0) is 30.3 Å². The lowest BCUT2D eigenvalue weighted by Gasteiger charge is -2.36. The van der Waals surface area contributed by atoms with Gasteiger partial charge in [0, 0.05) is 74.5 Å². The standard InChI is InChI=1S/C23H24ClN5O/c1-27(2)22-21(25-9-10-26-22)17-5-3-6-18(15-17)23(30)29-13-11-28(12-14-29)20-8-4-7-19(24)16-20/h3-10,15-16H,11-14H2,1-2H3. The van der Waals surface area contributed by atoms with Crippen LogP contribution in [-0.2, 0) is 0 Å². The van der Waals surface area contributed by atoms with Crippen LogP contribution in [0, 0.1) is 0 Å². The molecule has 1 aromatic heterocycles. The maximum absolute atomic E-state index is 13.1. The van der Waals surface area contributed by atoms with Crippen molar-refractivity contribution in [1.29, 1.82) is 0 Å². The Bertz CT molecular complexity index is 1050. The first kappa shape index (κ1) is 20.2. The molecule has 1 aliphatic heterocycles. The number of aromatic nitrogens is 2. The molecule has 0 atom stereocenters. The largest absolute Gasteiger partial charge is 0.368 e. The van der Waals surface area contributed by atoms with E-state index in [4.69, 9.17) is 11.6 Å². The van der Waals surface area contributed by atoms with Crippen LogP contribution in [-0.4, -0.2) is 61.0 Å². The molecule has 0 saturated carbocycles. The van der Waals surface area contributed by atoms with Crippen LogP contribution in [0.2, 0.25) is 5.02 Å². The van der Waals surface area contributed by atoms with E-state index in [1.165, 1.54) is 0 Å². The number of rotatable bonds is 4. The first-order valence-corrected chi connectivity index (χ1v) is 10.3. The number of carbonyl (C=O) groups excluding carboxylic acids is 1. The maximum atomic E-state index is 13.1. The molecule has 2 heterocycles. The second-order valence-electron chi connectivity index (χ2n) is 7.46. The molecular formula is C23H24ClN5O. The quantitative estimate of drug-likeness (QED) is 0.640. The van der Waals surface area contributed by atoms with Gasteiger partial charge in [-0.15, -0.1) is 0 Å². The second kappa shape index (κ2) is 8.71. The topological polar surface area (TPSA) is 52.6 Å². The van der Waals surface area contributed by atoms with Gasteiger partial charge in [-0.3, -0.25) is 9.78 Å². The van der Waals surface area contributed by atoms with Gasteiger partial charge in [-0.25, -0.2) is 4.98 Å². The summed E-state index contributed by atoms with van der Waals surface area (Å²) in [5, 5.41) is 0.726. The molecule has 1 aliphatic rings. The Hall–Kier alpha value is -3.12. The Kier molecular flexibility index (Phi) is 5.86. The molecule has 0 spiro atoms. The molecule has 1 saturated heterocycles. The number of carbonyl (C=O) groups is 1. The van der Waals surface area contributed by atoms with Gasteiger partial charge in [0.25, 0.3) is 5.91 Å². The molecule has 30 heavy (non-hydrogen) atoms. The zero-order valence-corrected chi connectivity index (χ0v) is 17.9. The zero-order valence-electron chi connectivity index (χ0n) is 17.1. The van der Waals surface area contributed by atoms with Crippen molar-refractivity contribution in [3.63, 3.8) is 0 Å². The third-order valence-electron chi connectivity index (χ3n) is 5.23. The number of benzene rings is 2. The Labute approximate surface area is 181 Å². The van der Waals surface area contributed by atoms with Crippen LogP contribution in [0.15, 0.2) is 60.9 Å². The molecule has 0 unspecified atom stereocenters. The van der Waals surface area contributed by atoms with Crippen LogP contribution in [0.4, 0.5) is 11.5 Å². The van der Waals surface area contributed by atoms with Crippen molar-refractivity contribution in [2.75, 3.05) is 50.1 Å². The second-order valence-corrected chi connectivity index (χ2v) is 7.90. The van der Waals surface area contributed by atoms with E-state index in [9.17, 15) is 4.79 Å². The van der Waals surface area contributed by atoms with Gasteiger partial charge in [0.2, 0.25) is 0 Å². The highest BCUT2D eigenvalue weighted by molar-refractivity contribution is 6.30. The molecule has 0 bridgehead atoms. The summed E-state index contributed by atoms with van der Waals surface area (Å²) in [6, 6.07) is 15.5. The van der Waals surface area contributed by atoms with Crippen molar-refractivity contribution in [3.05, 3.63) is 71.5 Å². The minimum atomic E-state index is 0.0397. The highest BCUT2D eigenvalue weighted by atomic mass is 35.5. The first-order chi connectivity index (χ1) is 14.5. The molecule has 1 amide bonds. The van der Waals surface area contributed by atoms with Gasteiger partial charge in [-0.2, -0.15) is 0 Å². The van der Waals surface area contributed by atoms with Gasteiger partial charge in [-0.1, -0.05) is 29.8 Å². The van der Waals surface area contributed by atoms with Crippen molar-refractivity contribution >= 4 is 29.0 Å². The van der Waals surface area contributed by atoms with E-state index in [2.05, 4.69) is 20.9 Å². The summed E-state index contributed by atoms with van der Waals surface area (Å²) in [5.41, 5.74) is 3.41. The van der Waals surface area contributed by atoms with Crippen LogP contribution in [0.5, 0.6) is 0 Å². The predicted octanol–water partition coefficient (Wildman–Crippen LogP) is 3.83. The van der Waals surface area contributed by atoms with Gasteiger partial charge >= 0.3 is 0 Å². The van der Waals surface area contributed by atoms with Crippen molar-refractivity contribution in [3.8, 4) is 11.3 Å². The maximum Gasteiger partial charge on any atom is 0.253 e. The minimum absolute atomic E-state index is 0.0397. The third kappa shape index (κ3) is 4.24. The predicted molar refractivity (Wildman–Crippen MR) is 121 cm³/mol. The summed E-state index contributed by atoms with van der Waals surface area (Å²) < 4.78 is 0. The summed E-state index contributed by atoms with van der Waals surface area (Å²) in [6.45, 7) is 2.90. The minimum Gasteiger partial charge on any atom is -0.368 e. The molecule has 6 nitrogen and oxygen atoms in total. The van der Waals surface area contributed by atoms with E-state index in [0.29, 0.717) is 18.7 Å². The summed E-state index contributed by atoms with van der Waals surface area (Å²) in [4.78, 5) is 28.1.